The summed E-state index contributed by atoms with van der Waals surface area (Å²) in [5.41, 5.74) is 0. The molecule has 0 radical (unpaired) electrons. The first-order valence-corrected chi connectivity index (χ1v) is 8.49. The molecular formula is C12H22N4O4S. The van der Waals surface area contributed by atoms with E-state index in [1.54, 1.807) is 6.33 Å². The lowest BCUT2D eigenvalue weighted by Crippen LogP contribution is -2.23. The molecule has 0 aromatic carbocycles. The van der Waals surface area contributed by atoms with Gasteiger partial charge in [0.2, 0.25) is 0 Å². The minimum Gasteiger partial charge on any atom is -0.483 e. The summed E-state index contributed by atoms with van der Waals surface area (Å²) < 4.78 is 24.6. The normalized spacial score (nSPS) is 20.0. The topological polar surface area (TPSA) is 105 Å². The number of sulfone groups is 1. The largest absolute Gasteiger partial charge is 0.483 e. The first kappa shape index (κ1) is 17.6. The van der Waals surface area contributed by atoms with Gasteiger partial charge in [0.1, 0.15) is 12.2 Å². The fourth-order valence-electron chi connectivity index (χ4n) is 2.27. The molecule has 1 aromatic rings. The fraction of sp³-hybridized carbons (Fsp3) is 0.750. The van der Waals surface area contributed by atoms with Gasteiger partial charge in [-0.15, -0.1) is 10.2 Å². The molecule has 1 atom stereocenters. The van der Waals surface area contributed by atoms with Crippen LogP contribution < -0.4 is 0 Å². The van der Waals surface area contributed by atoms with Gasteiger partial charge in [0.15, 0.2) is 9.84 Å². The molecule has 1 saturated heterocycles. The summed E-state index contributed by atoms with van der Waals surface area (Å²) >= 11 is 0. The van der Waals surface area contributed by atoms with Crippen LogP contribution in [0.25, 0.3) is 0 Å². The molecule has 8 nitrogen and oxygen atoms in total. The maximum absolute atomic E-state index is 11.4. The summed E-state index contributed by atoms with van der Waals surface area (Å²) in [6.45, 7) is 1.39. The Morgan fingerprint density at radius 3 is 2.71 bits per heavy atom. The van der Waals surface area contributed by atoms with Crippen molar-refractivity contribution < 1.29 is 18.3 Å². The zero-order valence-corrected chi connectivity index (χ0v) is 13.2. The number of aryl methyl sites for hydroxylation is 1. The highest BCUT2D eigenvalue weighted by atomic mass is 32.2. The third-order valence-corrected chi connectivity index (χ3v) is 5.30. The number of aromatic nitrogens is 3. The molecule has 1 aliphatic heterocycles. The lowest BCUT2D eigenvalue weighted by Gasteiger charge is -2.17. The van der Waals surface area contributed by atoms with E-state index in [4.69, 9.17) is 9.90 Å². The van der Waals surface area contributed by atoms with Crippen LogP contribution in [0.2, 0.25) is 0 Å². The van der Waals surface area contributed by atoms with Crippen molar-refractivity contribution in [1.82, 2.24) is 19.7 Å². The van der Waals surface area contributed by atoms with E-state index in [-0.39, 0.29) is 6.47 Å². The highest BCUT2D eigenvalue weighted by Crippen LogP contribution is 2.21. The van der Waals surface area contributed by atoms with Crippen molar-refractivity contribution >= 4 is 16.3 Å². The second-order valence-corrected chi connectivity index (χ2v) is 7.49. The molecule has 21 heavy (non-hydrogen) atoms. The molecule has 0 saturated carbocycles. The van der Waals surface area contributed by atoms with Crippen LogP contribution in [0, 0.1) is 5.92 Å². The van der Waals surface area contributed by atoms with E-state index in [0.29, 0.717) is 17.4 Å². The third-order valence-electron chi connectivity index (χ3n) is 3.46. The van der Waals surface area contributed by atoms with Crippen LogP contribution in [0.5, 0.6) is 0 Å². The van der Waals surface area contributed by atoms with Crippen LogP contribution in [0.4, 0.5) is 0 Å². The molecule has 1 N–H and O–H groups in total. The number of carbonyl (C=O) groups is 1. The summed E-state index contributed by atoms with van der Waals surface area (Å²) in [6, 6.07) is 0. The molecule has 2 heterocycles. The summed E-state index contributed by atoms with van der Waals surface area (Å²) in [5, 5.41) is 14.8. The van der Waals surface area contributed by atoms with Gasteiger partial charge >= 0.3 is 0 Å². The molecule has 0 amide bonds. The van der Waals surface area contributed by atoms with E-state index in [0.717, 1.165) is 31.8 Å². The highest BCUT2D eigenvalue weighted by molar-refractivity contribution is 7.91. The van der Waals surface area contributed by atoms with Gasteiger partial charge in [0.25, 0.3) is 6.47 Å². The summed E-state index contributed by atoms with van der Waals surface area (Å²) in [7, 11) is 1.20. The van der Waals surface area contributed by atoms with Gasteiger partial charge in [0, 0.05) is 7.05 Å². The molecule has 0 aliphatic carbocycles. The molecule has 0 bridgehead atoms. The SMILES string of the molecule is CN(CCC1CCS(=O)(=O)C1)Cc1nncn1C.O=CO. The molecule has 1 aromatic heterocycles. The Labute approximate surface area is 124 Å². The van der Waals surface area contributed by atoms with Gasteiger partial charge < -0.3 is 9.67 Å². The number of hydrogen-bond donors (Lipinski definition) is 1. The Kier molecular flexibility index (Phi) is 6.76. The molecule has 9 heteroatoms. The van der Waals surface area contributed by atoms with Crippen LogP contribution in [0.3, 0.4) is 0 Å². The zero-order chi connectivity index (χ0) is 15.9. The van der Waals surface area contributed by atoms with Gasteiger partial charge in [-0.3, -0.25) is 9.69 Å². The van der Waals surface area contributed by atoms with Gasteiger partial charge in [-0.1, -0.05) is 0 Å². The Morgan fingerprint density at radius 1 is 1.57 bits per heavy atom. The van der Waals surface area contributed by atoms with Crippen molar-refractivity contribution in [3.8, 4) is 0 Å². The zero-order valence-electron chi connectivity index (χ0n) is 12.3. The highest BCUT2D eigenvalue weighted by Gasteiger charge is 2.27. The number of rotatable bonds is 5. The maximum atomic E-state index is 11.4. The van der Waals surface area contributed by atoms with Crippen LogP contribution in [-0.2, 0) is 28.2 Å². The molecule has 1 unspecified atom stereocenters. The Bertz CT molecular complexity index is 543. The lowest BCUT2D eigenvalue weighted by atomic mass is 10.1. The Hall–Kier alpha value is -1.48. The van der Waals surface area contributed by atoms with Gasteiger partial charge in [0.05, 0.1) is 18.1 Å². The Balaban J connectivity index is 0.000000677. The van der Waals surface area contributed by atoms with Crippen molar-refractivity contribution in [2.45, 2.75) is 19.4 Å². The number of carboxylic acid groups (broad SMARTS) is 1. The Morgan fingerprint density at radius 2 is 2.24 bits per heavy atom. The maximum Gasteiger partial charge on any atom is 0.290 e. The smallest absolute Gasteiger partial charge is 0.290 e. The predicted molar refractivity (Wildman–Crippen MR) is 77.4 cm³/mol. The average molecular weight is 318 g/mol. The summed E-state index contributed by atoms with van der Waals surface area (Å²) in [5.74, 6) is 1.99. The molecule has 0 spiro atoms. The van der Waals surface area contributed by atoms with E-state index in [1.807, 2.05) is 18.7 Å². The minimum absolute atomic E-state index is 0.250. The van der Waals surface area contributed by atoms with Crippen molar-refractivity contribution in [2.75, 3.05) is 25.1 Å². The van der Waals surface area contributed by atoms with Gasteiger partial charge in [-0.05, 0) is 32.4 Å². The van der Waals surface area contributed by atoms with Gasteiger partial charge in [-0.2, -0.15) is 0 Å². The van der Waals surface area contributed by atoms with Crippen LogP contribution in [0.1, 0.15) is 18.7 Å². The van der Waals surface area contributed by atoms with E-state index in [9.17, 15) is 8.42 Å². The minimum atomic E-state index is -2.74. The average Bonchev–Trinajstić information content (AvgIpc) is 2.94. The quantitative estimate of drug-likeness (QED) is 0.748. The first-order chi connectivity index (χ1) is 9.88. The second kappa shape index (κ2) is 8.08. The van der Waals surface area contributed by atoms with Crippen molar-refractivity contribution in [1.29, 1.82) is 0 Å². The first-order valence-electron chi connectivity index (χ1n) is 6.67. The van der Waals surface area contributed by atoms with E-state index in [2.05, 4.69) is 15.1 Å². The number of nitrogens with zero attached hydrogens (tertiary/aromatic N) is 4. The van der Waals surface area contributed by atoms with E-state index < -0.39 is 9.84 Å². The lowest BCUT2D eigenvalue weighted by molar-refractivity contribution is -0.122. The summed E-state index contributed by atoms with van der Waals surface area (Å²) in [4.78, 5) is 10.5. The molecule has 1 fully saturated rings. The van der Waals surface area contributed by atoms with Crippen LogP contribution >= 0.6 is 0 Å². The van der Waals surface area contributed by atoms with Crippen molar-refractivity contribution in [3.05, 3.63) is 12.2 Å². The molecular weight excluding hydrogens is 296 g/mol. The fourth-order valence-corrected chi connectivity index (χ4v) is 4.18. The molecule has 120 valence electrons. The predicted octanol–water partition coefficient (Wildman–Crippen LogP) is -0.227. The van der Waals surface area contributed by atoms with Crippen molar-refractivity contribution in [2.24, 2.45) is 13.0 Å². The van der Waals surface area contributed by atoms with Gasteiger partial charge in [-0.25, -0.2) is 8.42 Å². The third kappa shape index (κ3) is 6.21. The summed E-state index contributed by atoms with van der Waals surface area (Å²) in [6.07, 6.45) is 3.44. The number of hydrogen-bond acceptors (Lipinski definition) is 6. The van der Waals surface area contributed by atoms with Crippen molar-refractivity contribution in [3.63, 3.8) is 0 Å². The monoisotopic (exact) mass is 318 g/mol. The molecule has 1 aliphatic rings. The molecule has 2 rings (SSSR count). The van der Waals surface area contributed by atoms with Crippen LogP contribution in [0.15, 0.2) is 6.33 Å². The second-order valence-electron chi connectivity index (χ2n) is 5.26. The standard InChI is InChI=1S/C11H20N4O2S.CH2O2/c1-14(7-11-13-12-9-15(11)2)5-3-10-4-6-18(16,17)8-10;2-1-3/h9-10H,3-8H2,1-2H3;1H,(H,2,3). The van der Waals surface area contributed by atoms with Crippen LogP contribution in [-0.4, -0.2) is 64.8 Å². The van der Waals surface area contributed by atoms with E-state index >= 15 is 0 Å². The van der Waals surface area contributed by atoms with E-state index in [1.165, 1.54) is 0 Å².